The predicted molar refractivity (Wildman–Crippen MR) is 49.4 cm³/mol. The summed E-state index contributed by atoms with van der Waals surface area (Å²) < 4.78 is 10.4. The minimum absolute atomic E-state index is 0.125. The Balaban J connectivity index is 2.88. The zero-order valence-corrected chi connectivity index (χ0v) is 8.96. The molecule has 0 amide bonds. The van der Waals surface area contributed by atoms with Crippen LogP contribution in [0, 0.1) is 11.8 Å². The molecule has 13 heavy (non-hydrogen) atoms. The van der Waals surface area contributed by atoms with E-state index in [4.69, 9.17) is 9.47 Å². The van der Waals surface area contributed by atoms with Crippen molar-refractivity contribution in [2.45, 2.75) is 46.3 Å². The van der Waals surface area contributed by atoms with Gasteiger partial charge in [0.2, 0.25) is 0 Å². The fourth-order valence-electron chi connectivity index (χ4n) is 1.73. The first kappa shape index (κ1) is 10.4. The molecule has 1 fully saturated rings. The number of carbonyl (C=O) groups is 1. The maximum Gasteiger partial charge on any atom is 0.509 e. The van der Waals surface area contributed by atoms with E-state index in [0.717, 1.165) is 0 Å². The van der Waals surface area contributed by atoms with Gasteiger partial charge in [0, 0.05) is 0 Å². The number of carbonyl (C=O) groups excluding carboxylic acids is 1. The van der Waals surface area contributed by atoms with E-state index >= 15 is 0 Å². The van der Waals surface area contributed by atoms with Gasteiger partial charge in [0.25, 0.3) is 0 Å². The summed E-state index contributed by atoms with van der Waals surface area (Å²) in [5.41, 5.74) is -0.467. The van der Waals surface area contributed by atoms with E-state index in [1.54, 1.807) is 0 Å². The van der Waals surface area contributed by atoms with Crippen LogP contribution >= 0.6 is 0 Å². The number of cyclic esters (lactones) is 2. The first-order valence-electron chi connectivity index (χ1n) is 4.77. The second-order valence-corrected chi connectivity index (χ2v) is 4.47. The van der Waals surface area contributed by atoms with Gasteiger partial charge in [-0.25, -0.2) is 4.79 Å². The lowest BCUT2D eigenvalue weighted by Crippen LogP contribution is -2.44. The van der Waals surface area contributed by atoms with Crippen molar-refractivity contribution in [2.24, 2.45) is 11.8 Å². The Morgan fingerprint density at radius 1 is 1.31 bits per heavy atom. The molecule has 0 aliphatic carbocycles. The van der Waals surface area contributed by atoms with Crippen LogP contribution in [0.4, 0.5) is 4.79 Å². The van der Waals surface area contributed by atoms with Gasteiger partial charge in [-0.05, 0) is 18.8 Å². The van der Waals surface area contributed by atoms with E-state index in [1.807, 2.05) is 34.6 Å². The van der Waals surface area contributed by atoms with Crippen LogP contribution in [0.5, 0.6) is 0 Å². The number of rotatable bonds is 2. The quantitative estimate of drug-likeness (QED) is 0.622. The summed E-state index contributed by atoms with van der Waals surface area (Å²) in [6, 6.07) is 0. The minimum atomic E-state index is -0.532. The number of ether oxygens (including phenoxy) is 2. The standard InChI is InChI=1S/C10H18O3/c1-6(2)8-10(5,7(3)4)13-9(11)12-8/h6-8H,1-5H3/t8-,10-/m1/s1. The third kappa shape index (κ3) is 1.64. The molecule has 1 rings (SSSR count). The molecule has 0 radical (unpaired) electrons. The van der Waals surface area contributed by atoms with E-state index in [-0.39, 0.29) is 12.0 Å². The summed E-state index contributed by atoms with van der Waals surface area (Å²) in [5.74, 6) is 0.560. The maximum absolute atomic E-state index is 11.0. The molecule has 3 heteroatoms. The Hall–Kier alpha value is -0.730. The molecule has 0 bridgehead atoms. The minimum Gasteiger partial charge on any atom is -0.426 e. The highest BCUT2D eigenvalue weighted by atomic mass is 16.8. The molecule has 1 heterocycles. The van der Waals surface area contributed by atoms with Gasteiger partial charge in [0.1, 0.15) is 6.10 Å². The Labute approximate surface area is 79.4 Å². The molecule has 0 spiro atoms. The molecule has 3 nitrogen and oxygen atoms in total. The van der Waals surface area contributed by atoms with Crippen LogP contribution in [-0.2, 0) is 9.47 Å². The van der Waals surface area contributed by atoms with E-state index in [0.29, 0.717) is 5.92 Å². The summed E-state index contributed by atoms with van der Waals surface area (Å²) in [6.45, 7) is 10.1. The van der Waals surface area contributed by atoms with Gasteiger partial charge in [-0.15, -0.1) is 0 Å². The second-order valence-electron chi connectivity index (χ2n) is 4.47. The molecule has 0 aromatic rings. The first-order chi connectivity index (χ1) is 5.88. The molecule has 2 atom stereocenters. The normalized spacial score (nSPS) is 33.8. The molecule has 1 aliphatic rings. The van der Waals surface area contributed by atoms with E-state index in [1.165, 1.54) is 0 Å². The van der Waals surface area contributed by atoms with E-state index in [9.17, 15) is 4.79 Å². The Kier molecular flexibility index (Phi) is 2.55. The lowest BCUT2D eigenvalue weighted by molar-refractivity contribution is -0.0135. The summed E-state index contributed by atoms with van der Waals surface area (Å²) in [4.78, 5) is 11.0. The van der Waals surface area contributed by atoms with Crippen LogP contribution in [-0.4, -0.2) is 17.9 Å². The van der Waals surface area contributed by atoms with Gasteiger partial charge in [-0.2, -0.15) is 0 Å². The molecular formula is C10H18O3. The summed E-state index contributed by atoms with van der Waals surface area (Å²) in [5, 5.41) is 0. The van der Waals surface area contributed by atoms with E-state index < -0.39 is 11.8 Å². The highest BCUT2D eigenvalue weighted by Gasteiger charge is 2.50. The molecule has 0 aromatic heterocycles. The molecule has 76 valence electrons. The summed E-state index contributed by atoms with van der Waals surface area (Å²) in [6.07, 6.45) is -0.658. The van der Waals surface area contributed by atoms with Crippen molar-refractivity contribution in [2.75, 3.05) is 0 Å². The van der Waals surface area contributed by atoms with Crippen molar-refractivity contribution in [3.8, 4) is 0 Å². The van der Waals surface area contributed by atoms with Gasteiger partial charge in [0.15, 0.2) is 5.60 Å². The molecule has 0 aromatic carbocycles. The lowest BCUT2D eigenvalue weighted by atomic mass is 9.82. The molecule has 0 saturated carbocycles. The Bertz CT molecular complexity index is 210. The van der Waals surface area contributed by atoms with Crippen molar-refractivity contribution >= 4 is 6.16 Å². The topological polar surface area (TPSA) is 35.5 Å². The van der Waals surface area contributed by atoms with Gasteiger partial charge in [-0.3, -0.25) is 0 Å². The van der Waals surface area contributed by atoms with Crippen molar-refractivity contribution in [3.05, 3.63) is 0 Å². The number of hydrogen-bond donors (Lipinski definition) is 0. The second kappa shape index (κ2) is 3.20. The SMILES string of the molecule is CC(C)[C@H]1OC(=O)O[C@]1(C)C(C)C. The monoisotopic (exact) mass is 186 g/mol. The van der Waals surface area contributed by atoms with Crippen molar-refractivity contribution in [1.82, 2.24) is 0 Å². The van der Waals surface area contributed by atoms with Crippen molar-refractivity contribution < 1.29 is 14.3 Å². The van der Waals surface area contributed by atoms with Gasteiger partial charge < -0.3 is 9.47 Å². The summed E-state index contributed by atoms with van der Waals surface area (Å²) >= 11 is 0. The fourth-order valence-corrected chi connectivity index (χ4v) is 1.73. The van der Waals surface area contributed by atoms with Gasteiger partial charge in [0.05, 0.1) is 0 Å². The van der Waals surface area contributed by atoms with Crippen LogP contribution < -0.4 is 0 Å². The Morgan fingerprint density at radius 3 is 2.15 bits per heavy atom. The van der Waals surface area contributed by atoms with Gasteiger partial charge in [-0.1, -0.05) is 27.7 Å². The van der Waals surface area contributed by atoms with Crippen LogP contribution in [0.1, 0.15) is 34.6 Å². The number of hydrogen-bond acceptors (Lipinski definition) is 3. The zero-order chi connectivity index (χ0) is 10.2. The molecular weight excluding hydrogens is 168 g/mol. The highest BCUT2D eigenvalue weighted by molar-refractivity contribution is 5.63. The maximum atomic E-state index is 11.0. The highest BCUT2D eigenvalue weighted by Crippen LogP contribution is 2.37. The lowest BCUT2D eigenvalue weighted by Gasteiger charge is -2.32. The van der Waals surface area contributed by atoms with Gasteiger partial charge >= 0.3 is 6.16 Å². The van der Waals surface area contributed by atoms with Crippen molar-refractivity contribution in [3.63, 3.8) is 0 Å². The first-order valence-corrected chi connectivity index (χ1v) is 4.77. The van der Waals surface area contributed by atoms with Crippen LogP contribution in [0.25, 0.3) is 0 Å². The molecule has 1 aliphatic heterocycles. The Morgan fingerprint density at radius 2 is 1.85 bits per heavy atom. The fraction of sp³-hybridized carbons (Fsp3) is 0.900. The largest absolute Gasteiger partial charge is 0.509 e. The average Bonchev–Trinajstić information content (AvgIpc) is 2.27. The zero-order valence-electron chi connectivity index (χ0n) is 8.96. The predicted octanol–water partition coefficient (Wildman–Crippen LogP) is 2.59. The smallest absolute Gasteiger partial charge is 0.426 e. The average molecular weight is 186 g/mol. The summed E-state index contributed by atoms with van der Waals surface area (Å²) in [7, 11) is 0. The molecule has 0 N–H and O–H groups in total. The molecule has 1 saturated heterocycles. The van der Waals surface area contributed by atoms with Crippen molar-refractivity contribution in [1.29, 1.82) is 0 Å². The van der Waals surface area contributed by atoms with Crippen LogP contribution in [0.15, 0.2) is 0 Å². The molecule has 0 unspecified atom stereocenters. The van der Waals surface area contributed by atoms with E-state index in [2.05, 4.69) is 0 Å². The third-order valence-electron chi connectivity index (χ3n) is 2.84. The van der Waals surface area contributed by atoms with Crippen LogP contribution in [0.2, 0.25) is 0 Å². The third-order valence-corrected chi connectivity index (χ3v) is 2.84. The van der Waals surface area contributed by atoms with Crippen LogP contribution in [0.3, 0.4) is 0 Å².